The Morgan fingerprint density at radius 3 is 2.89 bits per heavy atom. The van der Waals surface area contributed by atoms with E-state index < -0.39 is 5.97 Å². The van der Waals surface area contributed by atoms with Gasteiger partial charge in [-0.2, -0.15) is 0 Å². The Labute approximate surface area is 119 Å². The maximum Gasteiger partial charge on any atom is 0.349 e. The number of esters is 1. The van der Waals surface area contributed by atoms with Crippen LogP contribution in [0.2, 0.25) is 5.02 Å². The molecule has 0 atom stereocenters. The lowest BCUT2D eigenvalue weighted by molar-refractivity contribution is 0.0606. The van der Waals surface area contributed by atoms with Gasteiger partial charge in [-0.1, -0.05) is 22.9 Å². The van der Waals surface area contributed by atoms with Gasteiger partial charge in [0.15, 0.2) is 5.13 Å². The summed E-state index contributed by atoms with van der Waals surface area (Å²) in [5, 5.41) is 4.18. The van der Waals surface area contributed by atoms with E-state index in [-0.39, 0.29) is 0 Å². The minimum atomic E-state index is -0.403. The maximum atomic E-state index is 11.3. The minimum absolute atomic E-state index is 0.403. The molecule has 2 rings (SSSR count). The zero-order valence-electron chi connectivity index (χ0n) is 10.3. The molecule has 1 N–H and O–H groups in total. The first kappa shape index (κ1) is 13.6. The Hall–Kier alpha value is -1.79. The third-order valence-electron chi connectivity index (χ3n) is 2.29. The summed E-state index contributed by atoms with van der Waals surface area (Å²) in [5.41, 5.74) is 0.770. The van der Waals surface area contributed by atoms with Gasteiger partial charge in [0, 0.05) is 11.8 Å². The van der Waals surface area contributed by atoms with Crippen molar-refractivity contribution in [1.82, 2.24) is 4.98 Å². The van der Waals surface area contributed by atoms with Crippen LogP contribution in [0.15, 0.2) is 24.4 Å². The molecule has 0 unspecified atom stereocenters. The molecule has 19 heavy (non-hydrogen) atoms. The molecule has 2 aromatic rings. The Balaban J connectivity index is 2.17. The first-order valence-electron chi connectivity index (χ1n) is 5.28. The number of aromatic nitrogens is 1. The number of ether oxygens (including phenoxy) is 2. The molecule has 1 heterocycles. The van der Waals surface area contributed by atoms with Crippen molar-refractivity contribution in [1.29, 1.82) is 0 Å². The van der Waals surface area contributed by atoms with Crippen molar-refractivity contribution >= 4 is 39.7 Å². The zero-order chi connectivity index (χ0) is 13.8. The van der Waals surface area contributed by atoms with E-state index in [2.05, 4.69) is 15.0 Å². The summed E-state index contributed by atoms with van der Waals surface area (Å²) in [6.45, 7) is 0. The van der Waals surface area contributed by atoms with Gasteiger partial charge in [0.2, 0.25) is 0 Å². The van der Waals surface area contributed by atoms with E-state index in [9.17, 15) is 4.79 Å². The molecule has 0 amide bonds. The molecular weight excluding hydrogens is 288 g/mol. The first-order valence-corrected chi connectivity index (χ1v) is 6.48. The van der Waals surface area contributed by atoms with E-state index in [4.69, 9.17) is 16.3 Å². The molecule has 0 radical (unpaired) electrons. The van der Waals surface area contributed by atoms with Gasteiger partial charge in [-0.25, -0.2) is 9.78 Å². The summed E-state index contributed by atoms with van der Waals surface area (Å²) in [5.74, 6) is 0.163. The second-order valence-corrected chi connectivity index (χ2v) is 4.93. The van der Waals surface area contributed by atoms with Crippen molar-refractivity contribution in [3.8, 4) is 5.75 Å². The number of hydrogen-bond donors (Lipinski definition) is 1. The molecule has 0 bridgehead atoms. The van der Waals surface area contributed by atoms with Crippen LogP contribution in [-0.4, -0.2) is 25.2 Å². The SMILES string of the molecule is COC(=O)c1cnc(Nc2ccc(Cl)c(OC)c2)s1. The topological polar surface area (TPSA) is 60.5 Å². The Morgan fingerprint density at radius 1 is 1.42 bits per heavy atom. The highest BCUT2D eigenvalue weighted by molar-refractivity contribution is 7.17. The Morgan fingerprint density at radius 2 is 2.21 bits per heavy atom. The highest BCUT2D eigenvalue weighted by atomic mass is 35.5. The second kappa shape index (κ2) is 5.90. The predicted molar refractivity (Wildman–Crippen MR) is 74.7 cm³/mol. The Kier molecular flexibility index (Phi) is 4.24. The number of carbonyl (C=O) groups is 1. The van der Waals surface area contributed by atoms with Crippen molar-refractivity contribution in [2.45, 2.75) is 0 Å². The monoisotopic (exact) mass is 298 g/mol. The normalized spacial score (nSPS) is 10.1. The maximum absolute atomic E-state index is 11.3. The quantitative estimate of drug-likeness (QED) is 0.877. The van der Waals surface area contributed by atoms with E-state index in [1.54, 1.807) is 25.3 Å². The lowest BCUT2D eigenvalue weighted by atomic mass is 10.3. The number of methoxy groups -OCH3 is 2. The van der Waals surface area contributed by atoms with Crippen LogP contribution in [0, 0.1) is 0 Å². The van der Waals surface area contributed by atoms with Gasteiger partial charge in [0.25, 0.3) is 0 Å². The summed E-state index contributed by atoms with van der Waals surface area (Å²) < 4.78 is 9.74. The number of halogens is 1. The van der Waals surface area contributed by atoms with Gasteiger partial charge in [-0.15, -0.1) is 0 Å². The van der Waals surface area contributed by atoms with Gasteiger partial charge in [0.1, 0.15) is 10.6 Å². The number of thiazole rings is 1. The van der Waals surface area contributed by atoms with E-state index >= 15 is 0 Å². The molecule has 0 saturated carbocycles. The molecule has 7 heteroatoms. The molecule has 0 aliphatic heterocycles. The van der Waals surface area contributed by atoms with E-state index in [1.165, 1.54) is 24.6 Å². The molecule has 0 aliphatic rings. The number of anilines is 2. The van der Waals surface area contributed by atoms with Crippen molar-refractivity contribution in [3.63, 3.8) is 0 Å². The molecule has 0 aliphatic carbocycles. The number of nitrogens with zero attached hydrogens (tertiary/aromatic N) is 1. The van der Waals surface area contributed by atoms with Gasteiger partial charge >= 0.3 is 5.97 Å². The molecular formula is C12H11ClN2O3S. The highest BCUT2D eigenvalue weighted by Gasteiger charge is 2.11. The smallest absolute Gasteiger partial charge is 0.349 e. The van der Waals surface area contributed by atoms with Crippen LogP contribution in [0.4, 0.5) is 10.8 Å². The molecule has 0 fully saturated rings. The number of carbonyl (C=O) groups excluding carboxylic acids is 1. The molecule has 100 valence electrons. The molecule has 0 saturated heterocycles. The average Bonchev–Trinajstić information content (AvgIpc) is 2.88. The summed E-state index contributed by atoms with van der Waals surface area (Å²) in [4.78, 5) is 15.8. The summed E-state index contributed by atoms with van der Waals surface area (Å²) in [7, 11) is 2.88. The van der Waals surface area contributed by atoms with Crippen LogP contribution >= 0.6 is 22.9 Å². The van der Waals surface area contributed by atoms with Gasteiger partial charge in [0.05, 0.1) is 25.4 Å². The molecule has 5 nitrogen and oxygen atoms in total. The molecule has 0 spiro atoms. The minimum Gasteiger partial charge on any atom is -0.495 e. The van der Waals surface area contributed by atoms with Gasteiger partial charge < -0.3 is 14.8 Å². The van der Waals surface area contributed by atoms with Crippen molar-refractivity contribution < 1.29 is 14.3 Å². The molecule has 1 aromatic heterocycles. The summed E-state index contributed by atoms with van der Waals surface area (Å²) in [6, 6.07) is 5.27. The third-order valence-corrected chi connectivity index (χ3v) is 3.50. The lowest BCUT2D eigenvalue weighted by Crippen LogP contribution is -1.96. The van der Waals surface area contributed by atoms with Crippen LogP contribution in [0.25, 0.3) is 0 Å². The van der Waals surface area contributed by atoms with Crippen molar-refractivity contribution in [2.24, 2.45) is 0 Å². The second-order valence-electron chi connectivity index (χ2n) is 3.50. The van der Waals surface area contributed by atoms with Crippen LogP contribution in [0.1, 0.15) is 9.67 Å². The lowest BCUT2D eigenvalue weighted by Gasteiger charge is -2.06. The highest BCUT2D eigenvalue weighted by Crippen LogP contribution is 2.30. The molecule has 1 aromatic carbocycles. The largest absolute Gasteiger partial charge is 0.495 e. The van der Waals surface area contributed by atoms with Crippen LogP contribution in [0.3, 0.4) is 0 Å². The fourth-order valence-corrected chi connectivity index (χ4v) is 2.34. The average molecular weight is 299 g/mol. The summed E-state index contributed by atoms with van der Waals surface area (Å²) in [6.07, 6.45) is 1.46. The van der Waals surface area contributed by atoms with E-state index in [1.807, 2.05) is 0 Å². The fourth-order valence-electron chi connectivity index (χ4n) is 1.39. The van der Waals surface area contributed by atoms with Gasteiger partial charge in [-0.3, -0.25) is 0 Å². The fraction of sp³-hybridized carbons (Fsp3) is 0.167. The number of benzene rings is 1. The van der Waals surface area contributed by atoms with Crippen LogP contribution in [0.5, 0.6) is 5.75 Å². The predicted octanol–water partition coefficient (Wildman–Crippen LogP) is 3.34. The Bertz CT molecular complexity index is 600. The van der Waals surface area contributed by atoms with Crippen molar-refractivity contribution in [3.05, 3.63) is 34.3 Å². The van der Waals surface area contributed by atoms with Crippen molar-refractivity contribution in [2.75, 3.05) is 19.5 Å². The number of hydrogen-bond acceptors (Lipinski definition) is 6. The number of rotatable bonds is 4. The number of nitrogens with one attached hydrogen (secondary N) is 1. The third kappa shape index (κ3) is 3.15. The van der Waals surface area contributed by atoms with Crippen LogP contribution in [-0.2, 0) is 4.74 Å². The van der Waals surface area contributed by atoms with Gasteiger partial charge in [-0.05, 0) is 12.1 Å². The summed E-state index contributed by atoms with van der Waals surface area (Å²) >= 11 is 7.14. The van der Waals surface area contributed by atoms with E-state index in [0.717, 1.165) is 5.69 Å². The zero-order valence-corrected chi connectivity index (χ0v) is 11.8. The first-order chi connectivity index (χ1) is 9.13. The standard InChI is InChI=1S/C12H11ClN2O3S/c1-17-9-5-7(3-4-8(9)13)15-12-14-6-10(19-12)11(16)18-2/h3-6H,1-2H3,(H,14,15). The van der Waals surface area contributed by atoms with Crippen LogP contribution < -0.4 is 10.1 Å². The van der Waals surface area contributed by atoms with E-state index in [0.29, 0.717) is 20.8 Å².